The summed E-state index contributed by atoms with van der Waals surface area (Å²) in [5.74, 6) is 0. The molecule has 0 unspecified atom stereocenters. The summed E-state index contributed by atoms with van der Waals surface area (Å²) >= 11 is 0. The number of aliphatic hydroxyl groups is 1. The van der Waals surface area contributed by atoms with Crippen molar-refractivity contribution < 1.29 is 14.8 Å². The molecule has 3 rings (SSSR count). The summed E-state index contributed by atoms with van der Waals surface area (Å²) < 4.78 is 7.00. The first kappa shape index (κ1) is 17.3. The Kier molecular flexibility index (Phi) is 5.25. The molecule has 0 spiro atoms. The first-order chi connectivity index (χ1) is 12.0. The van der Waals surface area contributed by atoms with E-state index in [4.69, 9.17) is 4.74 Å². The van der Waals surface area contributed by atoms with Crippen LogP contribution in [0.5, 0.6) is 0 Å². The highest BCUT2D eigenvalue weighted by molar-refractivity contribution is 5.31. The molecule has 7 nitrogen and oxygen atoms in total. The van der Waals surface area contributed by atoms with Crippen LogP contribution in [0.4, 0.5) is 5.69 Å². The molecule has 132 valence electrons. The standard InChI is InChI=1S/C18H20N2O5/c21-15(11-19-10-14(20(23)24)8-9-18(19)22)12-25-17-7-3-5-13-4-1-2-6-16(13)17/h1-2,4,6,8-10,15,17,21H,3,5,7,11-12H2/t15-,17+/m0/s1. The highest BCUT2D eigenvalue weighted by Gasteiger charge is 2.21. The third-order valence-corrected chi connectivity index (χ3v) is 4.39. The van der Waals surface area contributed by atoms with Crippen molar-refractivity contribution in [2.45, 2.75) is 38.0 Å². The minimum Gasteiger partial charge on any atom is -0.389 e. The normalized spacial score (nSPS) is 17.7. The largest absolute Gasteiger partial charge is 0.389 e. The SMILES string of the molecule is O=c1ccc([N+](=O)[O-])cn1C[C@H](O)CO[C@@H]1CCCc2ccccc21. The van der Waals surface area contributed by atoms with Crippen molar-refractivity contribution in [2.24, 2.45) is 0 Å². The zero-order valence-electron chi connectivity index (χ0n) is 13.7. The zero-order valence-corrected chi connectivity index (χ0v) is 13.7. The fourth-order valence-corrected chi connectivity index (χ4v) is 3.16. The van der Waals surface area contributed by atoms with E-state index in [0.29, 0.717) is 0 Å². The van der Waals surface area contributed by atoms with Gasteiger partial charge in [-0.25, -0.2) is 0 Å². The third-order valence-electron chi connectivity index (χ3n) is 4.39. The molecule has 1 aliphatic carbocycles. The minimum absolute atomic E-state index is 0.0467. The van der Waals surface area contributed by atoms with E-state index in [1.54, 1.807) is 0 Å². The number of aryl methyl sites for hydroxylation is 1. The van der Waals surface area contributed by atoms with Gasteiger partial charge >= 0.3 is 0 Å². The summed E-state index contributed by atoms with van der Waals surface area (Å²) in [5, 5.41) is 21.0. The number of benzene rings is 1. The number of nitrogens with zero attached hydrogens (tertiary/aromatic N) is 2. The van der Waals surface area contributed by atoms with Crippen LogP contribution < -0.4 is 5.56 Å². The topological polar surface area (TPSA) is 94.6 Å². The number of aromatic nitrogens is 1. The van der Waals surface area contributed by atoms with Gasteiger partial charge in [-0.05, 0) is 30.4 Å². The second kappa shape index (κ2) is 7.58. The van der Waals surface area contributed by atoms with E-state index in [9.17, 15) is 20.0 Å². The Morgan fingerprint density at radius 2 is 2.12 bits per heavy atom. The van der Waals surface area contributed by atoms with Gasteiger partial charge in [0.25, 0.3) is 11.2 Å². The van der Waals surface area contributed by atoms with Crippen LogP contribution in [-0.4, -0.2) is 27.3 Å². The Labute approximate surface area is 144 Å². The summed E-state index contributed by atoms with van der Waals surface area (Å²) in [6.45, 7) is 0.0169. The molecule has 0 fully saturated rings. The molecule has 1 N–H and O–H groups in total. The molecular weight excluding hydrogens is 324 g/mol. The average molecular weight is 344 g/mol. The van der Waals surface area contributed by atoms with Crippen LogP contribution in [0.2, 0.25) is 0 Å². The molecule has 0 aliphatic heterocycles. The van der Waals surface area contributed by atoms with Gasteiger partial charge in [-0.15, -0.1) is 0 Å². The molecule has 0 saturated carbocycles. The minimum atomic E-state index is -0.922. The molecule has 25 heavy (non-hydrogen) atoms. The van der Waals surface area contributed by atoms with Gasteiger partial charge in [0.15, 0.2) is 0 Å². The summed E-state index contributed by atoms with van der Waals surface area (Å²) in [6.07, 6.45) is 3.10. The van der Waals surface area contributed by atoms with Crippen molar-refractivity contribution in [3.8, 4) is 0 Å². The number of pyridine rings is 1. The Morgan fingerprint density at radius 3 is 2.92 bits per heavy atom. The van der Waals surface area contributed by atoms with E-state index in [2.05, 4.69) is 6.07 Å². The fraction of sp³-hybridized carbons (Fsp3) is 0.389. The van der Waals surface area contributed by atoms with E-state index in [1.165, 1.54) is 5.56 Å². The van der Waals surface area contributed by atoms with E-state index < -0.39 is 16.6 Å². The maximum absolute atomic E-state index is 11.8. The molecule has 0 saturated heterocycles. The maximum Gasteiger partial charge on any atom is 0.285 e. The summed E-state index contributed by atoms with van der Waals surface area (Å²) in [4.78, 5) is 22.0. The second-order valence-corrected chi connectivity index (χ2v) is 6.20. The molecular formula is C18H20N2O5. The average Bonchev–Trinajstić information content (AvgIpc) is 2.61. The van der Waals surface area contributed by atoms with Crippen LogP contribution in [0, 0.1) is 10.1 Å². The van der Waals surface area contributed by atoms with Crippen molar-refractivity contribution >= 4 is 5.69 Å². The quantitative estimate of drug-likeness (QED) is 0.640. The van der Waals surface area contributed by atoms with Gasteiger partial charge in [0.1, 0.15) is 0 Å². The van der Waals surface area contributed by atoms with Crippen LogP contribution in [0.3, 0.4) is 0 Å². The molecule has 2 aromatic rings. The van der Waals surface area contributed by atoms with E-state index in [1.807, 2.05) is 18.2 Å². The van der Waals surface area contributed by atoms with Crippen molar-refractivity contribution in [1.29, 1.82) is 0 Å². The monoisotopic (exact) mass is 344 g/mol. The van der Waals surface area contributed by atoms with Crippen molar-refractivity contribution in [3.05, 3.63) is 74.2 Å². The molecule has 1 aliphatic rings. The smallest absolute Gasteiger partial charge is 0.285 e. The van der Waals surface area contributed by atoms with Crippen LogP contribution >= 0.6 is 0 Å². The Balaban J connectivity index is 1.63. The Bertz CT molecular complexity index is 817. The van der Waals surface area contributed by atoms with E-state index in [0.717, 1.165) is 47.7 Å². The van der Waals surface area contributed by atoms with Gasteiger partial charge in [-0.3, -0.25) is 14.9 Å². The summed E-state index contributed by atoms with van der Waals surface area (Å²) in [5.41, 5.74) is 1.83. The molecule has 7 heteroatoms. The number of nitro groups is 1. The van der Waals surface area contributed by atoms with E-state index >= 15 is 0 Å². The highest BCUT2D eigenvalue weighted by atomic mass is 16.6. The van der Waals surface area contributed by atoms with Gasteiger partial charge in [0.2, 0.25) is 0 Å². The molecule has 1 aromatic heterocycles. The number of hydrogen-bond acceptors (Lipinski definition) is 5. The first-order valence-electron chi connectivity index (χ1n) is 8.27. The number of aliphatic hydroxyl groups excluding tert-OH is 1. The molecule has 1 heterocycles. The predicted octanol–water partition coefficient (Wildman–Crippen LogP) is 2.21. The van der Waals surface area contributed by atoms with Crippen molar-refractivity contribution in [1.82, 2.24) is 4.57 Å². The van der Waals surface area contributed by atoms with Gasteiger partial charge in [0, 0.05) is 12.1 Å². The van der Waals surface area contributed by atoms with Crippen LogP contribution in [0.15, 0.2) is 47.4 Å². The lowest BCUT2D eigenvalue weighted by molar-refractivity contribution is -0.385. The molecule has 0 bridgehead atoms. The van der Waals surface area contributed by atoms with Gasteiger partial charge in [-0.1, -0.05) is 24.3 Å². The Morgan fingerprint density at radius 1 is 1.32 bits per heavy atom. The maximum atomic E-state index is 11.8. The lowest BCUT2D eigenvalue weighted by atomic mass is 9.89. The zero-order chi connectivity index (χ0) is 17.8. The number of hydrogen-bond donors (Lipinski definition) is 1. The fourth-order valence-electron chi connectivity index (χ4n) is 3.16. The number of rotatable bonds is 6. The molecule has 1 aromatic carbocycles. The lowest BCUT2D eigenvalue weighted by Gasteiger charge is -2.26. The number of fused-ring (bicyclic) bond motifs is 1. The Hall–Kier alpha value is -2.51. The van der Waals surface area contributed by atoms with Crippen LogP contribution in [-0.2, 0) is 17.7 Å². The molecule has 0 radical (unpaired) electrons. The highest BCUT2D eigenvalue weighted by Crippen LogP contribution is 2.32. The van der Waals surface area contributed by atoms with E-state index in [-0.39, 0.29) is 24.9 Å². The van der Waals surface area contributed by atoms with Gasteiger partial charge in [-0.2, -0.15) is 0 Å². The third kappa shape index (κ3) is 4.12. The number of ether oxygens (including phenoxy) is 1. The van der Waals surface area contributed by atoms with Gasteiger partial charge < -0.3 is 14.4 Å². The summed E-state index contributed by atoms with van der Waals surface area (Å²) in [6, 6.07) is 10.4. The van der Waals surface area contributed by atoms with Crippen LogP contribution in [0.25, 0.3) is 0 Å². The summed E-state index contributed by atoms with van der Waals surface area (Å²) in [7, 11) is 0. The lowest BCUT2D eigenvalue weighted by Crippen LogP contribution is -2.29. The molecule has 0 amide bonds. The molecule has 2 atom stereocenters. The van der Waals surface area contributed by atoms with Crippen LogP contribution in [0.1, 0.15) is 30.1 Å². The van der Waals surface area contributed by atoms with Crippen molar-refractivity contribution in [3.63, 3.8) is 0 Å². The predicted molar refractivity (Wildman–Crippen MR) is 91.4 cm³/mol. The van der Waals surface area contributed by atoms with Gasteiger partial charge in [0.05, 0.1) is 36.5 Å². The van der Waals surface area contributed by atoms with Crippen molar-refractivity contribution in [2.75, 3.05) is 6.61 Å². The first-order valence-corrected chi connectivity index (χ1v) is 8.27. The second-order valence-electron chi connectivity index (χ2n) is 6.20.